The van der Waals surface area contributed by atoms with Crippen molar-refractivity contribution >= 4 is 29.5 Å². The van der Waals surface area contributed by atoms with Gasteiger partial charge < -0.3 is 30.3 Å². The van der Waals surface area contributed by atoms with Gasteiger partial charge in [0.1, 0.15) is 11.6 Å². The van der Waals surface area contributed by atoms with E-state index in [1.165, 1.54) is 7.11 Å². The van der Waals surface area contributed by atoms with Crippen molar-refractivity contribution in [2.45, 2.75) is 70.2 Å². The van der Waals surface area contributed by atoms with E-state index in [0.717, 1.165) is 5.56 Å². The smallest absolute Gasteiger partial charge is 0.410 e. The van der Waals surface area contributed by atoms with Crippen LogP contribution in [-0.4, -0.2) is 84.8 Å². The maximum absolute atomic E-state index is 13.7. The van der Waals surface area contributed by atoms with Crippen LogP contribution in [0.15, 0.2) is 24.3 Å². The number of halogens is 1. The average molecular weight is 511 g/mol. The molecule has 2 rings (SSSR count). The number of hydrogen-bond acceptors (Lipinski definition) is 6. The molecule has 1 aliphatic heterocycles. The van der Waals surface area contributed by atoms with Crippen LogP contribution in [0, 0.1) is 0 Å². The highest BCUT2D eigenvalue weighted by Crippen LogP contribution is 2.32. The van der Waals surface area contributed by atoms with Crippen LogP contribution in [0.3, 0.4) is 0 Å². The summed E-state index contributed by atoms with van der Waals surface area (Å²) in [6.07, 6.45) is 1.42. The van der Waals surface area contributed by atoms with Gasteiger partial charge in [-0.15, -0.1) is 0 Å². The Kier molecular flexibility index (Phi) is 9.94. The molecule has 0 spiro atoms. The SMILES string of the molecule is COC[C@H](NC(=O)[C@H](C)N)C(=O)N(C)[C@@]1(Cc2ccc(Cl)cc2)CCCN(C(=O)OC(C)(C)C)C1. The Balaban J connectivity index is 2.39. The first-order valence-electron chi connectivity index (χ1n) is 11.8. The molecule has 0 radical (unpaired) electrons. The summed E-state index contributed by atoms with van der Waals surface area (Å²) in [6, 6.07) is 5.75. The van der Waals surface area contributed by atoms with Gasteiger partial charge in [0.2, 0.25) is 11.8 Å². The largest absolute Gasteiger partial charge is 0.444 e. The van der Waals surface area contributed by atoms with Crippen molar-refractivity contribution in [3.05, 3.63) is 34.9 Å². The van der Waals surface area contributed by atoms with Gasteiger partial charge in [0.25, 0.3) is 0 Å². The van der Waals surface area contributed by atoms with Gasteiger partial charge in [-0.25, -0.2) is 4.79 Å². The number of nitrogens with two attached hydrogens (primary N) is 1. The van der Waals surface area contributed by atoms with Crippen LogP contribution in [0.25, 0.3) is 0 Å². The molecule has 3 amide bonds. The van der Waals surface area contributed by atoms with Crippen molar-refractivity contribution in [3.63, 3.8) is 0 Å². The van der Waals surface area contributed by atoms with E-state index in [1.54, 1.807) is 35.9 Å². The first kappa shape index (κ1) is 28.9. The summed E-state index contributed by atoms with van der Waals surface area (Å²) in [6.45, 7) is 7.82. The lowest BCUT2D eigenvalue weighted by atomic mass is 9.81. The van der Waals surface area contributed by atoms with Crippen LogP contribution in [0.4, 0.5) is 4.79 Å². The third-order valence-corrected chi connectivity index (χ3v) is 6.31. The predicted octanol–water partition coefficient (Wildman–Crippen LogP) is 2.59. The zero-order valence-corrected chi connectivity index (χ0v) is 22.4. The topological polar surface area (TPSA) is 114 Å². The highest BCUT2D eigenvalue weighted by atomic mass is 35.5. The minimum atomic E-state index is -0.914. The summed E-state index contributed by atoms with van der Waals surface area (Å²) >= 11 is 6.08. The third-order valence-electron chi connectivity index (χ3n) is 6.06. The number of nitrogens with one attached hydrogen (secondary N) is 1. The highest BCUT2D eigenvalue weighted by molar-refractivity contribution is 6.30. The van der Waals surface area contributed by atoms with E-state index in [-0.39, 0.29) is 19.1 Å². The number of likely N-dealkylation sites (N-methyl/N-ethyl adjacent to an activating group) is 1. The number of amides is 3. The van der Waals surface area contributed by atoms with Crippen molar-refractivity contribution in [3.8, 4) is 0 Å². The minimum Gasteiger partial charge on any atom is -0.444 e. The summed E-state index contributed by atoms with van der Waals surface area (Å²) in [5.74, 6) is -0.763. The molecule has 0 aliphatic carbocycles. The molecule has 3 atom stereocenters. The van der Waals surface area contributed by atoms with Gasteiger partial charge in [0, 0.05) is 32.3 Å². The number of carbonyl (C=O) groups is 3. The number of hydrogen-bond donors (Lipinski definition) is 2. The standard InChI is InChI=1S/C25H39ClN4O5/c1-17(27)21(31)28-20(15-34-6)22(32)29(5)25(14-18-8-10-19(26)11-9-18)12-7-13-30(16-25)23(33)35-24(2,3)4/h8-11,17,20H,7,12-16,27H2,1-6H3,(H,28,31)/t17-,20-,25+/m0/s1. The molecular weight excluding hydrogens is 472 g/mol. The summed E-state index contributed by atoms with van der Waals surface area (Å²) in [7, 11) is 3.17. The first-order valence-corrected chi connectivity index (χ1v) is 12.2. The van der Waals surface area contributed by atoms with Crippen LogP contribution >= 0.6 is 11.6 Å². The molecule has 1 saturated heterocycles. The molecule has 0 unspecified atom stereocenters. The van der Waals surface area contributed by atoms with E-state index in [9.17, 15) is 14.4 Å². The zero-order chi connectivity index (χ0) is 26.4. The summed E-state index contributed by atoms with van der Waals surface area (Å²) in [5.41, 5.74) is 5.30. The quantitative estimate of drug-likeness (QED) is 0.555. The molecule has 1 fully saturated rings. The van der Waals surface area contributed by atoms with E-state index in [4.69, 9.17) is 26.8 Å². The molecule has 196 valence electrons. The monoisotopic (exact) mass is 510 g/mol. The summed E-state index contributed by atoms with van der Waals surface area (Å²) in [4.78, 5) is 42.2. The highest BCUT2D eigenvalue weighted by Gasteiger charge is 2.45. The van der Waals surface area contributed by atoms with Gasteiger partial charge in [-0.2, -0.15) is 0 Å². The molecule has 0 saturated carbocycles. The summed E-state index contributed by atoms with van der Waals surface area (Å²) in [5, 5.41) is 3.30. The van der Waals surface area contributed by atoms with Gasteiger partial charge in [-0.1, -0.05) is 23.7 Å². The van der Waals surface area contributed by atoms with Crippen LogP contribution in [0.5, 0.6) is 0 Å². The number of nitrogens with zero attached hydrogens (tertiary/aromatic N) is 2. The molecule has 0 bridgehead atoms. The fourth-order valence-electron chi connectivity index (χ4n) is 4.23. The number of carbonyl (C=O) groups excluding carboxylic acids is 3. The third kappa shape index (κ3) is 8.08. The fraction of sp³-hybridized carbons (Fsp3) is 0.640. The van der Waals surface area contributed by atoms with Gasteiger partial charge in [0.15, 0.2) is 0 Å². The summed E-state index contributed by atoms with van der Waals surface area (Å²) < 4.78 is 10.8. The molecule has 1 heterocycles. The maximum atomic E-state index is 13.7. The van der Waals surface area contributed by atoms with E-state index < -0.39 is 35.2 Å². The number of methoxy groups -OCH3 is 1. The molecule has 1 aliphatic rings. The number of ether oxygens (including phenoxy) is 2. The normalized spacial score (nSPS) is 20.1. The van der Waals surface area contributed by atoms with Crippen LogP contribution in [0.2, 0.25) is 5.02 Å². The Bertz CT molecular complexity index is 887. The Morgan fingerprint density at radius 1 is 1.26 bits per heavy atom. The average Bonchev–Trinajstić information content (AvgIpc) is 2.78. The zero-order valence-electron chi connectivity index (χ0n) is 21.6. The lowest BCUT2D eigenvalue weighted by Crippen LogP contribution is -2.65. The molecule has 35 heavy (non-hydrogen) atoms. The maximum Gasteiger partial charge on any atom is 0.410 e. The first-order chi connectivity index (χ1) is 16.3. The minimum absolute atomic E-state index is 0.00552. The predicted molar refractivity (Wildman–Crippen MR) is 135 cm³/mol. The van der Waals surface area contributed by atoms with Crippen LogP contribution in [-0.2, 0) is 25.5 Å². The van der Waals surface area contributed by atoms with Crippen molar-refractivity contribution in [2.75, 3.05) is 33.9 Å². The van der Waals surface area contributed by atoms with E-state index in [2.05, 4.69) is 5.32 Å². The lowest BCUT2D eigenvalue weighted by molar-refractivity contribution is -0.144. The molecular formula is C25H39ClN4O5. The van der Waals surface area contributed by atoms with Crippen molar-refractivity contribution < 1.29 is 23.9 Å². The Morgan fingerprint density at radius 2 is 1.89 bits per heavy atom. The second-order valence-corrected chi connectivity index (χ2v) is 10.7. The second kappa shape index (κ2) is 12.1. The van der Waals surface area contributed by atoms with Gasteiger partial charge in [-0.05, 0) is 64.7 Å². The van der Waals surface area contributed by atoms with Crippen molar-refractivity contribution in [1.82, 2.24) is 15.1 Å². The Hall–Kier alpha value is -2.36. The van der Waals surface area contributed by atoms with E-state index in [1.807, 2.05) is 32.9 Å². The van der Waals surface area contributed by atoms with Gasteiger partial charge in [-0.3, -0.25) is 9.59 Å². The Labute approximate surface area is 213 Å². The van der Waals surface area contributed by atoms with Crippen LogP contribution in [0.1, 0.15) is 46.1 Å². The molecule has 9 nitrogen and oxygen atoms in total. The van der Waals surface area contributed by atoms with Crippen molar-refractivity contribution in [1.29, 1.82) is 0 Å². The molecule has 10 heteroatoms. The Morgan fingerprint density at radius 3 is 2.43 bits per heavy atom. The van der Waals surface area contributed by atoms with Gasteiger partial charge in [0.05, 0.1) is 18.2 Å². The number of rotatable bonds is 8. The van der Waals surface area contributed by atoms with E-state index >= 15 is 0 Å². The molecule has 0 aromatic heterocycles. The fourth-order valence-corrected chi connectivity index (χ4v) is 4.35. The second-order valence-electron chi connectivity index (χ2n) is 10.2. The van der Waals surface area contributed by atoms with Crippen LogP contribution < -0.4 is 11.1 Å². The molecule has 1 aromatic carbocycles. The molecule has 3 N–H and O–H groups in total. The van der Waals surface area contributed by atoms with Crippen molar-refractivity contribution in [2.24, 2.45) is 5.73 Å². The number of likely N-dealkylation sites (tertiary alicyclic amines) is 1. The number of piperidine rings is 1. The number of benzene rings is 1. The molecule has 1 aromatic rings. The van der Waals surface area contributed by atoms with Gasteiger partial charge >= 0.3 is 6.09 Å². The lowest BCUT2D eigenvalue weighted by Gasteiger charge is -2.49. The van der Waals surface area contributed by atoms with E-state index in [0.29, 0.717) is 30.8 Å².